The predicted molar refractivity (Wildman–Crippen MR) is 121 cm³/mol. The first-order valence-corrected chi connectivity index (χ1v) is 13.8. The summed E-state index contributed by atoms with van der Waals surface area (Å²) < 4.78 is 55.4. The first kappa shape index (κ1) is 22.5. The third kappa shape index (κ3) is 4.72. The Morgan fingerprint density at radius 3 is 1.77 bits per heavy atom. The van der Waals surface area contributed by atoms with Crippen molar-refractivity contribution in [3.05, 3.63) is 60.2 Å². The van der Waals surface area contributed by atoms with Gasteiger partial charge in [-0.25, -0.2) is 16.8 Å². The predicted octanol–water partition coefficient (Wildman–Crippen LogP) is 3.68. The SMILES string of the molecule is CC1CCCN(S(=O)(=O)c2ccc(S(=O)(=O)N3CCCC(c4ccccc4)C3)cc2)C1. The fourth-order valence-corrected chi connectivity index (χ4v) is 7.73. The molecule has 0 radical (unpaired) electrons. The summed E-state index contributed by atoms with van der Waals surface area (Å²) >= 11 is 0. The normalized spacial score (nSPS) is 24.2. The first-order valence-electron chi connectivity index (χ1n) is 10.9. The zero-order valence-corrected chi connectivity index (χ0v) is 19.5. The summed E-state index contributed by atoms with van der Waals surface area (Å²) in [6.07, 6.45) is 3.65. The Labute approximate surface area is 186 Å². The Hall–Kier alpha value is -1.74. The van der Waals surface area contributed by atoms with Crippen molar-refractivity contribution in [2.45, 2.75) is 48.3 Å². The van der Waals surface area contributed by atoms with Crippen LogP contribution in [0.2, 0.25) is 0 Å². The van der Waals surface area contributed by atoms with Crippen LogP contribution in [-0.4, -0.2) is 51.6 Å². The van der Waals surface area contributed by atoms with Gasteiger partial charge in [-0.2, -0.15) is 8.61 Å². The molecule has 4 rings (SSSR count). The molecule has 2 atom stereocenters. The molecule has 8 heteroatoms. The molecule has 0 N–H and O–H groups in total. The summed E-state index contributed by atoms with van der Waals surface area (Å²) in [4.78, 5) is 0.300. The van der Waals surface area contributed by atoms with E-state index in [1.165, 1.54) is 32.9 Å². The molecule has 2 aliphatic heterocycles. The molecule has 0 saturated carbocycles. The maximum atomic E-state index is 13.2. The van der Waals surface area contributed by atoms with Gasteiger partial charge in [0.05, 0.1) is 9.79 Å². The molecule has 0 amide bonds. The third-order valence-electron chi connectivity index (χ3n) is 6.37. The van der Waals surface area contributed by atoms with Crippen LogP contribution in [0, 0.1) is 5.92 Å². The van der Waals surface area contributed by atoms with Crippen LogP contribution in [0.1, 0.15) is 44.1 Å². The molecule has 0 aliphatic carbocycles. The van der Waals surface area contributed by atoms with Crippen LogP contribution in [-0.2, 0) is 20.0 Å². The number of rotatable bonds is 5. The number of hydrogen-bond acceptors (Lipinski definition) is 4. The molecular formula is C23H30N2O4S2. The van der Waals surface area contributed by atoms with Gasteiger partial charge in [0.25, 0.3) is 0 Å². The summed E-state index contributed by atoms with van der Waals surface area (Å²) in [5.41, 5.74) is 1.15. The van der Waals surface area contributed by atoms with Crippen molar-refractivity contribution in [3.63, 3.8) is 0 Å². The minimum absolute atomic E-state index is 0.146. The van der Waals surface area contributed by atoms with Crippen molar-refractivity contribution in [1.82, 2.24) is 8.61 Å². The standard InChI is InChI=1S/C23H30N2O4S2/c1-19-7-5-15-24(17-19)30(26,27)22-11-13-23(14-12-22)31(28,29)25-16-6-10-21(18-25)20-8-3-2-4-9-20/h2-4,8-9,11-14,19,21H,5-7,10,15-18H2,1H3. The maximum Gasteiger partial charge on any atom is 0.243 e. The fraction of sp³-hybridized carbons (Fsp3) is 0.478. The highest BCUT2D eigenvalue weighted by Gasteiger charge is 2.32. The second-order valence-corrected chi connectivity index (χ2v) is 12.6. The first-order chi connectivity index (χ1) is 14.8. The monoisotopic (exact) mass is 462 g/mol. The van der Waals surface area contributed by atoms with E-state index in [4.69, 9.17) is 0 Å². The number of sulfonamides is 2. The van der Waals surface area contributed by atoms with Gasteiger partial charge in [-0.3, -0.25) is 0 Å². The molecule has 2 aromatic carbocycles. The highest BCUT2D eigenvalue weighted by Crippen LogP contribution is 2.31. The summed E-state index contributed by atoms with van der Waals surface area (Å²) in [6.45, 7) is 4.01. The average molecular weight is 463 g/mol. The van der Waals surface area contributed by atoms with E-state index in [1.54, 1.807) is 0 Å². The molecule has 0 bridgehead atoms. The smallest absolute Gasteiger partial charge is 0.207 e. The van der Waals surface area contributed by atoms with Gasteiger partial charge in [0.15, 0.2) is 0 Å². The van der Waals surface area contributed by atoms with Crippen molar-refractivity contribution in [2.75, 3.05) is 26.2 Å². The lowest BCUT2D eigenvalue weighted by Crippen LogP contribution is -2.39. The van der Waals surface area contributed by atoms with Crippen LogP contribution in [0.5, 0.6) is 0 Å². The van der Waals surface area contributed by atoms with E-state index in [9.17, 15) is 16.8 Å². The van der Waals surface area contributed by atoms with Gasteiger partial charge in [-0.1, -0.05) is 37.3 Å². The van der Waals surface area contributed by atoms with Crippen LogP contribution in [0.3, 0.4) is 0 Å². The summed E-state index contributed by atoms with van der Waals surface area (Å²) in [5, 5.41) is 0. The number of nitrogens with zero attached hydrogens (tertiary/aromatic N) is 2. The van der Waals surface area contributed by atoms with Crippen molar-refractivity contribution in [1.29, 1.82) is 0 Å². The Morgan fingerprint density at radius 1 is 0.710 bits per heavy atom. The van der Waals surface area contributed by atoms with E-state index in [2.05, 4.69) is 6.92 Å². The zero-order chi connectivity index (χ0) is 22.1. The summed E-state index contributed by atoms with van der Waals surface area (Å²) in [5.74, 6) is 0.505. The van der Waals surface area contributed by atoms with Crippen molar-refractivity contribution in [3.8, 4) is 0 Å². The lowest BCUT2D eigenvalue weighted by Gasteiger charge is -2.32. The van der Waals surface area contributed by atoms with Crippen molar-refractivity contribution >= 4 is 20.0 Å². The van der Waals surface area contributed by atoms with Crippen molar-refractivity contribution < 1.29 is 16.8 Å². The zero-order valence-electron chi connectivity index (χ0n) is 17.9. The Kier molecular flexibility index (Phi) is 6.53. The van der Waals surface area contributed by atoms with Gasteiger partial charge < -0.3 is 0 Å². The van der Waals surface area contributed by atoms with Gasteiger partial charge in [-0.05, 0) is 67.3 Å². The van der Waals surface area contributed by atoms with E-state index >= 15 is 0 Å². The fourth-order valence-electron chi connectivity index (χ4n) is 4.60. The summed E-state index contributed by atoms with van der Waals surface area (Å²) in [7, 11) is -7.28. The molecule has 2 unspecified atom stereocenters. The third-order valence-corrected chi connectivity index (χ3v) is 10.1. The number of benzene rings is 2. The molecule has 0 spiro atoms. The van der Waals surface area contributed by atoms with E-state index in [0.717, 1.165) is 31.2 Å². The minimum Gasteiger partial charge on any atom is -0.207 e. The lowest BCUT2D eigenvalue weighted by atomic mass is 9.92. The molecule has 2 heterocycles. The van der Waals surface area contributed by atoms with E-state index in [1.807, 2.05) is 30.3 Å². The average Bonchev–Trinajstić information content (AvgIpc) is 2.80. The van der Waals surface area contributed by atoms with Crippen molar-refractivity contribution in [2.24, 2.45) is 5.92 Å². The lowest BCUT2D eigenvalue weighted by molar-refractivity contribution is 0.281. The van der Waals surface area contributed by atoms with Crippen LogP contribution < -0.4 is 0 Å². The second kappa shape index (κ2) is 9.02. The Balaban J connectivity index is 1.52. The van der Waals surface area contributed by atoms with Gasteiger partial charge in [0.2, 0.25) is 20.0 Å². The topological polar surface area (TPSA) is 74.8 Å². The molecule has 2 fully saturated rings. The highest BCUT2D eigenvalue weighted by molar-refractivity contribution is 7.89. The van der Waals surface area contributed by atoms with E-state index in [-0.39, 0.29) is 15.7 Å². The number of piperidine rings is 2. The van der Waals surface area contributed by atoms with Gasteiger partial charge in [0.1, 0.15) is 0 Å². The Bertz CT molecular complexity index is 1100. The van der Waals surface area contributed by atoms with Crippen LogP contribution in [0.4, 0.5) is 0 Å². The molecular weight excluding hydrogens is 432 g/mol. The maximum absolute atomic E-state index is 13.2. The molecule has 2 saturated heterocycles. The Morgan fingerprint density at radius 2 is 1.23 bits per heavy atom. The minimum atomic E-state index is -3.67. The molecule has 2 aliphatic rings. The van der Waals surface area contributed by atoms with Crippen LogP contribution in [0.15, 0.2) is 64.4 Å². The van der Waals surface area contributed by atoms with Gasteiger partial charge >= 0.3 is 0 Å². The summed E-state index contributed by atoms with van der Waals surface area (Å²) in [6, 6.07) is 15.7. The van der Waals surface area contributed by atoms with Crippen LogP contribution in [0.25, 0.3) is 0 Å². The molecule has 168 valence electrons. The van der Waals surface area contributed by atoms with Gasteiger partial charge in [-0.15, -0.1) is 0 Å². The molecule has 2 aromatic rings. The largest absolute Gasteiger partial charge is 0.243 e. The number of hydrogen-bond donors (Lipinski definition) is 0. The van der Waals surface area contributed by atoms with E-state index in [0.29, 0.717) is 32.1 Å². The molecule has 31 heavy (non-hydrogen) atoms. The molecule has 6 nitrogen and oxygen atoms in total. The van der Waals surface area contributed by atoms with E-state index < -0.39 is 20.0 Å². The second-order valence-electron chi connectivity index (χ2n) is 8.69. The molecule has 0 aromatic heterocycles. The van der Waals surface area contributed by atoms with Gasteiger partial charge in [0, 0.05) is 26.2 Å². The quantitative estimate of drug-likeness (QED) is 0.679. The van der Waals surface area contributed by atoms with Crippen LogP contribution >= 0.6 is 0 Å². The highest BCUT2D eigenvalue weighted by atomic mass is 32.2.